The second kappa shape index (κ2) is 7.38. The topological polar surface area (TPSA) is 84.9 Å². The lowest BCUT2D eigenvalue weighted by atomic mass is 10.2. The number of amides is 1. The van der Waals surface area contributed by atoms with Crippen LogP contribution in [0.2, 0.25) is 0 Å². The Morgan fingerprint density at radius 3 is 2.79 bits per heavy atom. The van der Waals surface area contributed by atoms with Crippen LogP contribution < -0.4 is 10.1 Å². The third kappa shape index (κ3) is 4.97. The van der Waals surface area contributed by atoms with Crippen LogP contribution in [0.4, 0.5) is 0 Å². The number of carbonyl (C=O) groups excluding carboxylic acids is 1. The number of nitrogens with one attached hydrogen (secondary N) is 1. The Morgan fingerprint density at radius 2 is 2.16 bits per heavy atom. The second-order valence-corrected chi connectivity index (χ2v) is 3.88. The predicted octanol–water partition coefficient (Wildman–Crippen LogP) is 0.915. The normalized spacial score (nSPS) is 11.7. The van der Waals surface area contributed by atoms with Gasteiger partial charge in [0.2, 0.25) is 0 Å². The molecule has 0 aliphatic rings. The highest BCUT2D eigenvalue weighted by Gasteiger charge is 2.14. The molecule has 0 heterocycles. The summed E-state index contributed by atoms with van der Waals surface area (Å²) in [6, 6.07) is 6.00. The summed E-state index contributed by atoms with van der Waals surface area (Å²) in [5.41, 5.74) is 0.115. The third-order valence-corrected chi connectivity index (χ3v) is 2.37. The molecule has 0 spiro atoms. The molecule has 0 aliphatic heterocycles. The van der Waals surface area contributed by atoms with E-state index in [0.717, 1.165) is 0 Å². The molecule has 1 aromatic rings. The third-order valence-electron chi connectivity index (χ3n) is 2.37. The molecule has 1 atom stereocenters. The van der Waals surface area contributed by atoms with Crippen molar-refractivity contribution in [3.05, 3.63) is 29.8 Å². The Bertz CT molecular complexity index is 446. The van der Waals surface area contributed by atoms with Gasteiger partial charge in [0.1, 0.15) is 5.75 Å². The number of carboxylic acids is 1. The molecular formula is C13H17NO5. The molecular weight excluding hydrogens is 250 g/mol. The Morgan fingerprint density at radius 1 is 1.42 bits per heavy atom. The van der Waals surface area contributed by atoms with Gasteiger partial charge in [-0.1, -0.05) is 6.07 Å². The molecule has 0 bridgehead atoms. The van der Waals surface area contributed by atoms with Crippen molar-refractivity contribution < 1.29 is 24.2 Å². The van der Waals surface area contributed by atoms with E-state index in [4.69, 9.17) is 14.6 Å². The maximum absolute atomic E-state index is 11.6. The van der Waals surface area contributed by atoms with Gasteiger partial charge in [-0.3, -0.25) is 4.79 Å². The van der Waals surface area contributed by atoms with Gasteiger partial charge < -0.3 is 19.9 Å². The minimum Gasteiger partial charge on any atom is -0.481 e. The summed E-state index contributed by atoms with van der Waals surface area (Å²) in [6.45, 7) is 2.42. The van der Waals surface area contributed by atoms with E-state index in [9.17, 15) is 9.59 Å². The van der Waals surface area contributed by atoms with Gasteiger partial charge >= 0.3 is 5.97 Å². The summed E-state index contributed by atoms with van der Waals surface area (Å²) >= 11 is 0. The smallest absolute Gasteiger partial charge is 0.335 e. The highest BCUT2D eigenvalue weighted by Crippen LogP contribution is 2.15. The highest BCUT2D eigenvalue weighted by atomic mass is 16.5. The van der Waals surface area contributed by atoms with Crippen molar-refractivity contribution in [3.8, 4) is 5.75 Å². The van der Waals surface area contributed by atoms with Crippen LogP contribution >= 0.6 is 0 Å². The van der Waals surface area contributed by atoms with Gasteiger partial charge in [0.25, 0.3) is 5.91 Å². The van der Waals surface area contributed by atoms with Crippen LogP contribution in [-0.2, 0) is 9.53 Å². The Hall–Kier alpha value is -2.08. The summed E-state index contributed by atoms with van der Waals surface area (Å²) in [4.78, 5) is 22.4. The first-order chi connectivity index (χ1) is 9.04. The number of benzene rings is 1. The molecule has 0 radical (unpaired) electrons. The molecule has 2 N–H and O–H groups in total. The van der Waals surface area contributed by atoms with Gasteiger partial charge in [-0.05, 0) is 25.1 Å². The minimum absolute atomic E-state index is 0.115. The molecule has 0 aromatic heterocycles. The number of rotatable bonds is 7. The van der Waals surface area contributed by atoms with Crippen LogP contribution in [0.5, 0.6) is 5.75 Å². The van der Waals surface area contributed by atoms with E-state index in [1.54, 1.807) is 26.2 Å². The van der Waals surface area contributed by atoms with Crippen molar-refractivity contribution in [2.24, 2.45) is 0 Å². The molecule has 19 heavy (non-hydrogen) atoms. The first kappa shape index (κ1) is 15.0. The maximum Gasteiger partial charge on any atom is 0.335 e. The van der Waals surface area contributed by atoms with Crippen LogP contribution in [-0.4, -0.2) is 43.3 Å². The SMILES string of the molecule is COCCNC(=O)[C@@H](C)Oc1cccc(C(=O)O)c1. The van der Waals surface area contributed by atoms with Crippen LogP contribution in [0.3, 0.4) is 0 Å². The number of aromatic carboxylic acids is 1. The zero-order chi connectivity index (χ0) is 14.3. The van der Waals surface area contributed by atoms with Crippen molar-refractivity contribution in [1.82, 2.24) is 5.32 Å². The molecule has 6 nitrogen and oxygen atoms in total. The lowest BCUT2D eigenvalue weighted by Crippen LogP contribution is -2.37. The molecule has 104 valence electrons. The first-order valence-corrected chi connectivity index (χ1v) is 5.81. The molecule has 6 heteroatoms. The molecule has 0 aliphatic carbocycles. The highest BCUT2D eigenvalue weighted by molar-refractivity contribution is 5.88. The van der Waals surface area contributed by atoms with Gasteiger partial charge in [-0.15, -0.1) is 0 Å². The second-order valence-electron chi connectivity index (χ2n) is 3.88. The lowest BCUT2D eigenvalue weighted by molar-refractivity contribution is -0.127. The number of carbonyl (C=O) groups is 2. The number of carboxylic acid groups (broad SMARTS) is 1. The van der Waals surface area contributed by atoms with E-state index < -0.39 is 12.1 Å². The summed E-state index contributed by atoms with van der Waals surface area (Å²) < 4.78 is 10.2. The number of ether oxygens (including phenoxy) is 2. The molecule has 0 fully saturated rings. The summed E-state index contributed by atoms with van der Waals surface area (Å²) in [6.07, 6.45) is -0.707. The van der Waals surface area contributed by atoms with E-state index in [1.807, 2.05) is 0 Å². The van der Waals surface area contributed by atoms with Crippen molar-refractivity contribution >= 4 is 11.9 Å². The van der Waals surface area contributed by atoms with E-state index in [2.05, 4.69) is 5.32 Å². The monoisotopic (exact) mass is 267 g/mol. The standard InChI is InChI=1S/C13H17NO5/c1-9(12(15)14-6-7-18-2)19-11-5-3-4-10(8-11)13(16)17/h3-5,8-9H,6-7H2,1-2H3,(H,14,15)(H,16,17)/t9-/m1/s1. The van der Waals surface area contributed by atoms with Crippen LogP contribution in [0, 0.1) is 0 Å². The van der Waals surface area contributed by atoms with E-state index in [1.165, 1.54) is 12.1 Å². The minimum atomic E-state index is -1.04. The first-order valence-electron chi connectivity index (χ1n) is 5.81. The number of hydrogen-bond acceptors (Lipinski definition) is 4. The summed E-state index contributed by atoms with van der Waals surface area (Å²) in [7, 11) is 1.55. The summed E-state index contributed by atoms with van der Waals surface area (Å²) in [5, 5.41) is 11.5. The van der Waals surface area contributed by atoms with Crippen LogP contribution in [0.25, 0.3) is 0 Å². The Kier molecular flexibility index (Phi) is 5.81. The fourth-order valence-corrected chi connectivity index (χ4v) is 1.38. The number of methoxy groups -OCH3 is 1. The Balaban J connectivity index is 2.56. The molecule has 1 rings (SSSR count). The molecule has 0 saturated heterocycles. The zero-order valence-electron chi connectivity index (χ0n) is 10.9. The van der Waals surface area contributed by atoms with Gasteiger partial charge in [0.05, 0.1) is 12.2 Å². The zero-order valence-corrected chi connectivity index (χ0v) is 10.9. The largest absolute Gasteiger partial charge is 0.481 e. The van der Waals surface area contributed by atoms with Crippen LogP contribution in [0.15, 0.2) is 24.3 Å². The quantitative estimate of drug-likeness (QED) is 0.717. The fraction of sp³-hybridized carbons (Fsp3) is 0.385. The molecule has 1 amide bonds. The average Bonchev–Trinajstić information content (AvgIpc) is 2.39. The molecule has 0 saturated carbocycles. The predicted molar refractivity (Wildman–Crippen MR) is 68.4 cm³/mol. The van der Waals surface area contributed by atoms with Crippen LogP contribution in [0.1, 0.15) is 17.3 Å². The van der Waals surface area contributed by atoms with Gasteiger partial charge in [0.15, 0.2) is 6.10 Å². The van der Waals surface area contributed by atoms with E-state index in [0.29, 0.717) is 18.9 Å². The maximum atomic E-state index is 11.6. The molecule has 0 unspecified atom stereocenters. The Labute approximate surface area is 111 Å². The lowest BCUT2D eigenvalue weighted by Gasteiger charge is -2.14. The van der Waals surface area contributed by atoms with Gasteiger partial charge in [-0.2, -0.15) is 0 Å². The van der Waals surface area contributed by atoms with Gasteiger partial charge in [-0.25, -0.2) is 4.79 Å². The molecule has 1 aromatic carbocycles. The van der Waals surface area contributed by atoms with E-state index in [-0.39, 0.29) is 11.5 Å². The fourth-order valence-electron chi connectivity index (χ4n) is 1.38. The van der Waals surface area contributed by atoms with Crippen molar-refractivity contribution in [3.63, 3.8) is 0 Å². The van der Waals surface area contributed by atoms with Crippen molar-refractivity contribution in [2.75, 3.05) is 20.3 Å². The van der Waals surface area contributed by atoms with Crippen molar-refractivity contribution in [1.29, 1.82) is 0 Å². The summed E-state index contributed by atoms with van der Waals surface area (Å²) in [5.74, 6) is -0.977. The van der Waals surface area contributed by atoms with Gasteiger partial charge in [0, 0.05) is 13.7 Å². The van der Waals surface area contributed by atoms with E-state index >= 15 is 0 Å². The van der Waals surface area contributed by atoms with Crippen molar-refractivity contribution in [2.45, 2.75) is 13.0 Å². The average molecular weight is 267 g/mol. The number of hydrogen-bond donors (Lipinski definition) is 2.